The van der Waals surface area contributed by atoms with Gasteiger partial charge in [0.2, 0.25) is 5.91 Å². The molecule has 1 N–H and O–H groups in total. The number of carbonyl (C=O) groups is 1. The summed E-state index contributed by atoms with van der Waals surface area (Å²) < 4.78 is 39.1. The molecule has 0 aromatic heterocycles. The first-order chi connectivity index (χ1) is 8.54. The molecule has 1 aromatic carbocycles. The molecular weight excluding hydrogens is 245 g/mol. The van der Waals surface area contributed by atoms with Gasteiger partial charge in [-0.25, -0.2) is 13.2 Å². The summed E-state index contributed by atoms with van der Waals surface area (Å²) in [6.07, 6.45) is 1.40. The van der Waals surface area contributed by atoms with Crippen molar-refractivity contribution in [2.24, 2.45) is 0 Å². The average molecular weight is 258 g/mol. The zero-order valence-electron chi connectivity index (χ0n) is 9.84. The van der Waals surface area contributed by atoms with Crippen molar-refractivity contribution in [2.75, 3.05) is 18.5 Å². The number of amides is 1. The van der Waals surface area contributed by atoms with Gasteiger partial charge in [-0.3, -0.25) is 4.79 Å². The molecule has 1 aliphatic heterocycles. The van der Waals surface area contributed by atoms with Crippen LogP contribution in [0.2, 0.25) is 0 Å². The number of hydrogen-bond donors (Lipinski definition) is 1. The van der Waals surface area contributed by atoms with E-state index in [9.17, 15) is 18.0 Å². The fourth-order valence-electron chi connectivity index (χ4n) is 2.10. The second-order valence-corrected chi connectivity index (χ2v) is 4.20. The third-order valence-electron chi connectivity index (χ3n) is 3.07. The number of rotatable bonds is 2. The van der Waals surface area contributed by atoms with E-state index in [4.69, 9.17) is 0 Å². The Morgan fingerprint density at radius 1 is 1.28 bits per heavy atom. The summed E-state index contributed by atoms with van der Waals surface area (Å²) >= 11 is 0. The van der Waals surface area contributed by atoms with Gasteiger partial charge in [-0.05, 0) is 19.9 Å². The Bertz CT molecular complexity index is 455. The lowest BCUT2D eigenvalue weighted by Crippen LogP contribution is -2.49. The second-order valence-electron chi connectivity index (χ2n) is 4.20. The van der Waals surface area contributed by atoms with Crippen molar-refractivity contribution < 1.29 is 18.0 Å². The van der Waals surface area contributed by atoms with Crippen LogP contribution in [0.5, 0.6) is 0 Å². The Kier molecular flexibility index (Phi) is 3.56. The van der Waals surface area contributed by atoms with Crippen LogP contribution in [0.4, 0.5) is 18.9 Å². The van der Waals surface area contributed by atoms with E-state index in [2.05, 4.69) is 5.32 Å². The highest BCUT2D eigenvalue weighted by molar-refractivity contribution is 5.97. The Balaban J connectivity index is 2.33. The van der Waals surface area contributed by atoms with E-state index in [1.165, 1.54) is 4.90 Å². The molecule has 1 aliphatic rings. The lowest BCUT2D eigenvalue weighted by molar-refractivity contribution is -0.121. The highest BCUT2D eigenvalue weighted by Gasteiger charge is 2.29. The Morgan fingerprint density at radius 2 is 1.89 bits per heavy atom. The zero-order valence-corrected chi connectivity index (χ0v) is 9.84. The van der Waals surface area contributed by atoms with Crippen LogP contribution in [0.3, 0.4) is 0 Å². The van der Waals surface area contributed by atoms with Gasteiger partial charge in [-0.1, -0.05) is 0 Å². The van der Waals surface area contributed by atoms with Gasteiger partial charge in [0.05, 0.1) is 6.04 Å². The average Bonchev–Trinajstić information content (AvgIpc) is 2.35. The largest absolute Gasteiger partial charge is 0.311 e. The minimum atomic E-state index is -1.52. The Hall–Kier alpha value is -1.56. The molecule has 2 rings (SSSR count). The van der Waals surface area contributed by atoms with Crippen molar-refractivity contribution in [1.82, 2.24) is 5.32 Å². The highest BCUT2D eigenvalue weighted by atomic mass is 19.2. The van der Waals surface area contributed by atoms with Gasteiger partial charge in [-0.15, -0.1) is 0 Å². The molecule has 0 spiro atoms. The molecule has 3 nitrogen and oxygen atoms in total. The van der Waals surface area contributed by atoms with Gasteiger partial charge >= 0.3 is 0 Å². The molecule has 1 amide bonds. The second kappa shape index (κ2) is 4.97. The van der Waals surface area contributed by atoms with E-state index >= 15 is 0 Å². The van der Waals surface area contributed by atoms with Crippen LogP contribution in [-0.4, -0.2) is 25.5 Å². The number of nitrogens with one attached hydrogen (secondary N) is 1. The minimum Gasteiger partial charge on any atom is -0.311 e. The van der Waals surface area contributed by atoms with Gasteiger partial charge in [-0.2, -0.15) is 0 Å². The standard InChI is InChI=1S/C12H13F3N2O/c1-16-10-3-2-4-17(12(10)18)7-5-8(13)11(15)9(14)6-7/h5-6,10,16H,2-4H2,1H3. The van der Waals surface area contributed by atoms with Crippen molar-refractivity contribution in [2.45, 2.75) is 18.9 Å². The van der Waals surface area contributed by atoms with Crippen LogP contribution in [0.25, 0.3) is 0 Å². The first kappa shape index (κ1) is 12.9. The number of nitrogens with zero attached hydrogens (tertiary/aromatic N) is 1. The first-order valence-corrected chi connectivity index (χ1v) is 5.67. The number of carbonyl (C=O) groups excluding carboxylic acids is 1. The van der Waals surface area contributed by atoms with Gasteiger partial charge in [0.15, 0.2) is 17.5 Å². The van der Waals surface area contributed by atoms with Crippen molar-refractivity contribution >= 4 is 11.6 Å². The highest BCUT2D eigenvalue weighted by Crippen LogP contribution is 2.24. The van der Waals surface area contributed by atoms with E-state index in [1.807, 2.05) is 0 Å². The molecule has 1 heterocycles. The predicted octanol–water partition coefficient (Wildman–Crippen LogP) is 1.82. The van der Waals surface area contributed by atoms with Gasteiger partial charge in [0.1, 0.15) is 0 Å². The summed E-state index contributed by atoms with van der Waals surface area (Å²) in [7, 11) is 1.65. The SMILES string of the molecule is CNC1CCCN(c2cc(F)c(F)c(F)c2)C1=O. The van der Waals surface area contributed by atoms with Crippen LogP contribution < -0.4 is 10.2 Å². The molecule has 1 aromatic rings. The lowest BCUT2D eigenvalue weighted by atomic mass is 10.0. The minimum absolute atomic E-state index is 0.0522. The Labute approximate surface area is 103 Å². The molecule has 6 heteroatoms. The first-order valence-electron chi connectivity index (χ1n) is 5.67. The molecule has 98 valence electrons. The molecule has 1 unspecified atom stereocenters. The van der Waals surface area contributed by atoms with Gasteiger partial charge in [0, 0.05) is 24.4 Å². The van der Waals surface area contributed by atoms with E-state index in [1.54, 1.807) is 7.05 Å². The molecule has 1 atom stereocenters. The molecule has 0 bridgehead atoms. The number of hydrogen-bond acceptors (Lipinski definition) is 2. The van der Waals surface area contributed by atoms with Crippen LogP contribution in [0.1, 0.15) is 12.8 Å². The van der Waals surface area contributed by atoms with E-state index in [0.29, 0.717) is 13.0 Å². The van der Waals surface area contributed by atoms with E-state index < -0.39 is 17.5 Å². The molecule has 0 aliphatic carbocycles. The summed E-state index contributed by atoms with van der Waals surface area (Å²) in [5, 5.41) is 2.84. The summed E-state index contributed by atoms with van der Waals surface area (Å²) in [5.74, 6) is -4.35. The fourth-order valence-corrected chi connectivity index (χ4v) is 2.10. The maximum Gasteiger partial charge on any atom is 0.244 e. The molecule has 18 heavy (non-hydrogen) atoms. The van der Waals surface area contributed by atoms with Crippen molar-refractivity contribution in [3.63, 3.8) is 0 Å². The van der Waals surface area contributed by atoms with Crippen molar-refractivity contribution in [1.29, 1.82) is 0 Å². The summed E-state index contributed by atoms with van der Waals surface area (Å²) in [6, 6.07) is 1.32. The smallest absolute Gasteiger partial charge is 0.244 e. The number of anilines is 1. The molecule has 1 fully saturated rings. The van der Waals surface area contributed by atoms with Crippen LogP contribution in [-0.2, 0) is 4.79 Å². The number of halogens is 3. The van der Waals surface area contributed by atoms with E-state index in [-0.39, 0.29) is 17.6 Å². The van der Waals surface area contributed by atoms with Crippen molar-refractivity contribution in [3.05, 3.63) is 29.6 Å². The summed E-state index contributed by atoms with van der Waals surface area (Å²) in [5.41, 5.74) is 0.0522. The summed E-state index contributed by atoms with van der Waals surface area (Å²) in [4.78, 5) is 13.3. The molecule has 0 saturated carbocycles. The normalized spacial score (nSPS) is 20.3. The van der Waals surface area contributed by atoms with Crippen LogP contribution >= 0.6 is 0 Å². The topological polar surface area (TPSA) is 32.3 Å². The van der Waals surface area contributed by atoms with Gasteiger partial charge < -0.3 is 10.2 Å². The lowest BCUT2D eigenvalue weighted by Gasteiger charge is -2.32. The summed E-state index contributed by atoms with van der Waals surface area (Å²) in [6.45, 7) is 0.377. The van der Waals surface area contributed by atoms with E-state index in [0.717, 1.165) is 18.6 Å². The number of piperidine rings is 1. The zero-order chi connectivity index (χ0) is 13.3. The number of likely N-dealkylation sites (N-methyl/N-ethyl adjacent to an activating group) is 1. The third-order valence-corrected chi connectivity index (χ3v) is 3.07. The predicted molar refractivity (Wildman–Crippen MR) is 60.8 cm³/mol. The third kappa shape index (κ3) is 2.20. The monoisotopic (exact) mass is 258 g/mol. The van der Waals surface area contributed by atoms with Crippen LogP contribution in [0.15, 0.2) is 12.1 Å². The maximum atomic E-state index is 13.1. The fraction of sp³-hybridized carbons (Fsp3) is 0.417. The molecule has 1 saturated heterocycles. The Morgan fingerprint density at radius 3 is 2.44 bits per heavy atom. The number of benzene rings is 1. The maximum absolute atomic E-state index is 13.1. The molecular formula is C12H13F3N2O. The quantitative estimate of drug-likeness (QED) is 0.821. The van der Waals surface area contributed by atoms with Crippen LogP contribution in [0, 0.1) is 17.5 Å². The van der Waals surface area contributed by atoms with Gasteiger partial charge in [0.25, 0.3) is 0 Å². The molecule has 0 radical (unpaired) electrons. The van der Waals surface area contributed by atoms with Crippen molar-refractivity contribution in [3.8, 4) is 0 Å².